The van der Waals surface area contributed by atoms with Crippen molar-refractivity contribution in [2.45, 2.75) is 26.8 Å². The van der Waals surface area contributed by atoms with Crippen molar-refractivity contribution in [3.05, 3.63) is 35.9 Å². The van der Waals surface area contributed by atoms with E-state index < -0.39 is 11.9 Å². The number of hydrogen-bond acceptors (Lipinski definition) is 2. The van der Waals surface area contributed by atoms with Gasteiger partial charge < -0.3 is 15.3 Å². The number of benzene rings is 1. The lowest BCUT2D eigenvalue weighted by Crippen LogP contribution is -2.41. The monoisotopic (exact) mass is 292 g/mol. The molecule has 1 atom stereocenters. The lowest BCUT2D eigenvalue weighted by Gasteiger charge is -2.20. The van der Waals surface area contributed by atoms with E-state index in [9.17, 15) is 9.59 Å². The van der Waals surface area contributed by atoms with Gasteiger partial charge in [0, 0.05) is 20.1 Å². The summed E-state index contributed by atoms with van der Waals surface area (Å²) in [6, 6.07) is 9.40. The Morgan fingerprint density at radius 2 is 1.86 bits per heavy atom. The lowest BCUT2D eigenvalue weighted by molar-refractivity contribution is -0.142. The molecule has 21 heavy (non-hydrogen) atoms. The maximum absolute atomic E-state index is 12.0. The molecule has 116 valence electrons. The molecular formula is C16H24N2O3. The molecule has 0 aromatic heterocycles. The van der Waals surface area contributed by atoms with Crippen LogP contribution >= 0.6 is 0 Å². The van der Waals surface area contributed by atoms with E-state index in [1.807, 2.05) is 44.2 Å². The number of nitrogens with one attached hydrogen (secondary N) is 1. The third kappa shape index (κ3) is 6.29. The zero-order valence-corrected chi connectivity index (χ0v) is 12.9. The van der Waals surface area contributed by atoms with E-state index in [4.69, 9.17) is 5.11 Å². The predicted octanol–water partition coefficient (Wildman–Crippen LogP) is 2.57. The topological polar surface area (TPSA) is 69.6 Å². The van der Waals surface area contributed by atoms with Gasteiger partial charge in [-0.3, -0.25) is 4.79 Å². The second kappa shape index (κ2) is 8.29. The van der Waals surface area contributed by atoms with Crippen molar-refractivity contribution in [2.75, 3.05) is 13.6 Å². The summed E-state index contributed by atoms with van der Waals surface area (Å²) < 4.78 is 0. The molecule has 0 unspecified atom stereocenters. The van der Waals surface area contributed by atoms with Gasteiger partial charge >= 0.3 is 12.0 Å². The summed E-state index contributed by atoms with van der Waals surface area (Å²) in [6.45, 7) is 4.60. The Kier molecular flexibility index (Phi) is 6.72. The maximum Gasteiger partial charge on any atom is 0.317 e. The number of rotatable bonds is 7. The molecule has 0 aliphatic heterocycles. The van der Waals surface area contributed by atoms with Crippen LogP contribution in [0.4, 0.5) is 4.79 Å². The summed E-state index contributed by atoms with van der Waals surface area (Å²) in [5.41, 5.74) is 1.03. The summed E-state index contributed by atoms with van der Waals surface area (Å²) in [6.07, 6.45) is 0.554. The van der Waals surface area contributed by atoms with Gasteiger partial charge in [-0.25, -0.2) is 4.79 Å². The van der Waals surface area contributed by atoms with Crippen molar-refractivity contribution in [2.24, 2.45) is 11.8 Å². The summed E-state index contributed by atoms with van der Waals surface area (Å²) in [7, 11) is 1.69. The highest BCUT2D eigenvalue weighted by Crippen LogP contribution is 2.11. The van der Waals surface area contributed by atoms with Crippen LogP contribution in [-0.4, -0.2) is 35.6 Å². The molecule has 0 radical (unpaired) electrons. The first-order chi connectivity index (χ1) is 9.90. The first-order valence-electron chi connectivity index (χ1n) is 7.15. The lowest BCUT2D eigenvalue weighted by atomic mass is 9.97. The van der Waals surface area contributed by atoms with E-state index in [0.29, 0.717) is 13.0 Å². The SMILES string of the molecule is CC(C)C[C@H](CNC(=O)N(C)Cc1ccccc1)C(=O)O. The number of carboxylic acid groups (broad SMARTS) is 1. The Hall–Kier alpha value is -2.04. The average Bonchev–Trinajstić information content (AvgIpc) is 2.43. The van der Waals surface area contributed by atoms with Crippen molar-refractivity contribution in [1.29, 1.82) is 0 Å². The Morgan fingerprint density at radius 1 is 1.24 bits per heavy atom. The van der Waals surface area contributed by atoms with Crippen LogP contribution in [0.15, 0.2) is 30.3 Å². The largest absolute Gasteiger partial charge is 0.481 e. The minimum absolute atomic E-state index is 0.158. The van der Waals surface area contributed by atoms with Crippen molar-refractivity contribution >= 4 is 12.0 Å². The average molecular weight is 292 g/mol. The molecule has 0 bridgehead atoms. The Balaban J connectivity index is 2.46. The first kappa shape index (κ1) is 17.0. The minimum Gasteiger partial charge on any atom is -0.481 e. The zero-order chi connectivity index (χ0) is 15.8. The molecule has 1 aromatic rings. The summed E-state index contributed by atoms with van der Waals surface area (Å²) in [5, 5.41) is 11.8. The van der Waals surface area contributed by atoms with Gasteiger partial charge in [-0.1, -0.05) is 44.2 Å². The van der Waals surface area contributed by atoms with Gasteiger partial charge in [0.1, 0.15) is 0 Å². The highest BCUT2D eigenvalue weighted by atomic mass is 16.4. The fourth-order valence-corrected chi connectivity index (χ4v) is 2.12. The van der Waals surface area contributed by atoms with Gasteiger partial charge in [-0.2, -0.15) is 0 Å². The van der Waals surface area contributed by atoms with E-state index >= 15 is 0 Å². The maximum atomic E-state index is 12.0. The molecule has 1 rings (SSSR count). The number of hydrogen-bond donors (Lipinski definition) is 2. The van der Waals surface area contributed by atoms with Crippen LogP contribution in [0.2, 0.25) is 0 Å². The van der Waals surface area contributed by atoms with Gasteiger partial charge in [0.2, 0.25) is 0 Å². The minimum atomic E-state index is -0.866. The van der Waals surface area contributed by atoms with Crippen molar-refractivity contribution in [3.8, 4) is 0 Å². The molecule has 0 aliphatic carbocycles. The highest BCUT2D eigenvalue weighted by Gasteiger charge is 2.20. The van der Waals surface area contributed by atoms with E-state index in [-0.39, 0.29) is 18.5 Å². The zero-order valence-electron chi connectivity index (χ0n) is 12.9. The number of amides is 2. The number of aliphatic carboxylic acids is 1. The van der Waals surface area contributed by atoms with Crippen LogP contribution in [0.1, 0.15) is 25.8 Å². The van der Waals surface area contributed by atoms with Gasteiger partial charge in [-0.05, 0) is 17.9 Å². The second-order valence-corrected chi connectivity index (χ2v) is 5.69. The highest BCUT2D eigenvalue weighted by molar-refractivity contribution is 5.75. The number of nitrogens with zero attached hydrogens (tertiary/aromatic N) is 1. The molecular weight excluding hydrogens is 268 g/mol. The number of carboxylic acids is 1. The van der Waals surface area contributed by atoms with Crippen LogP contribution in [0.3, 0.4) is 0 Å². The summed E-state index contributed by atoms with van der Waals surface area (Å²) in [5.74, 6) is -1.13. The molecule has 0 spiro atoms. The first-order valence-corrected chi connectivity index (χ1v) is 7.15. The molecule has 0 saturated heterocycles. The quantitative estimate of drug-likeness (QED) is 0.811. The molecule has 1 aromatic carbocycles. The van der Waals surface area contributed by atoms with Crippen LogP contribution in [0.25, 0.3) is 0 Å². The number of carbonyl (C=O) groups excluding carboxylic acids is 1. The van der Waals surface area contributed by atoms with E-state index in [2.05, 4.69) is 5.32 Å². The molecule has 5 heteroatoms. The molecule has 0 heterocycles. The van der Waals surface area contributed by atoms with Crippen LogP contribution in [-0.2, 0) is 11.3 Å². The summed E-state index contributed by atoms with van der Waals surface area (Å²) >= 11 is 0. The van der Waals surface area contributed by atoms with E-state index in [0.717, 1.165) is 5.56 Å². The standard InChI is InChI=1S/C16H24N2O3/c1-12(2)9-14(15(19)20)10-17-16(21)18(3)11-13-7-5-4-6-8-13/h4-8,12,14H,9-11H2,1-3H3,(H,17,21)(H,19,20)/t14-/m1/s1. The fraction of sp³-hybridized carbons (Fsp3) is 0.500. The Morgan fingerprint density at radius 3 is 2.38 bits per heavy atom. The van der Waals surface area contributed by atoms with Crippen LogP contribution in [0, 0.1) is 11.8 Å². The van der Waals surface area contributed by atoms with E-state index in [1.165, 1.54) is 0 Å². The van der Waals surface area contributed by atoms with Crippen molar-refractivity contribution in [3.63, 3.8) is 0 Å². The fourth-order valence-electron chi connectivity index (χ4n) is 2.12. The van der Waals surface area contributed by atoms with Gasteiger partial charge in [0.25, 0.3) is 0 Å². The van der Waals surface area contributed by atoms with Crippen molar-refractivity contribution < 1.29 is 14.7 Å². The van der Waals surface area contributed by atoms with Crippen LogP contribution < -0.4 is 5.32 Å². The van der Waals surface area contributed by atoms with Crippen molar-refractivity contribution in [1.82, 2.24) is 10.2 Å². The molecule has 0 aliphatic rings. The smallest absolute Gasteiger partial charge is 0.317 e. The van der Waals surface area contributed by atoms with Gasteiger partial charge in [0.15, 0.2) is 0 Å². The second-order valence-electron chi connectivity index (χ2n) is 5.69. The van der Waals surface area contributed by atoms with Crippen LogP contribution in [0.5, 0.6) is 0 Å². The molecule has 0 fully saturated rings. The molecule has 2 amide bonds. The third-order valence-electron chi connectivity index (χ3n) is 3.21. The van der Waals surface area contributed by atoms with Gasteiger partial charge in [-0.15, -0.1) is 0 Å². The molecule has 0 saturated carbocycles. The van der Waals surface area contributed by atoms with E-state index in [1.54, 1.807) is 11.9 Å². The normalized spacial score (nSPS) is 12.0. The Bertz CT molecular complexity index is 460. The summed E-state index contributed by atoms with van der Waals surface area (Å²) in [4.78, 5) is 24.7. The third-order valence-corrected chi connectivity index (χ3v) is 3.21. The predicted molar refractivity (Wildman–Crippen MR) is 81.9 cm³/mol. The number of urea groups is 1. The Labute approximate surface area is 126 Å². The molecule has 2 N–H and O–H groups in total. The molecule has 5 nitrogen and oxygen atoms in total. The van der Waals surface area contributed by atoms with Gasteiger partial charge in [0.05, 0.1) is 5.92 Å². The number of carbonyl (C=O) groups is 2.